The summed E-state index contributed by atoms with van der Waals surface area (Å²) in [7, 11) is 5.04. The van der Waals surface area contributed by atoms with Crippen LogP contribution in [0, 0.1) is 11.7 Å². The van der Waals surface area contributed by atoms with Crippen LogP contribution in [0.2, 0.25) is 0 Å². The van der Waals surface area contributed by atoms with Gasteiger partial charge in [0.2, 0.25) is 11.7 Å². The van der Waals surface area contributed by atoms with Crippen molar-refractivity contribution in [2.75, 3.05) is 47.4 Å². The molecule has 10 heteroatoms. The van der Waals surface area contributed by atoms with Crippen LogP contribution in [0.5, 0.6) is 17.2 Å². The van der Waals surface area contributed by atoms with Crippen molar-refractivity contribution < 1.29 is 28.2 Å². The number of halogens is 1. The van der Waals surface area contributed by atoms with Crippen LogP contribution in [0.1, 0.15) is 41.5 Å². The molecule has 43 heavy (non-hydrogen) atoms. The monoisotopic (exact) mass is 588 g/mol. The van der Waals surface area contributed by atoms with Gasteiger partial charge in [-0.1, -0.05) is 25.1 Å². The lowest BCUT2D eigenvalue weighted by molar-refractivity contribution is -0.121. The van der Waals surface area contributed by atoms with Crippen molar-refractivity contribution in [1.82, 2.24) is 20.1 Å². The summed E-state index contributed by atoms with van der Waals surface area (Å²) in [4.78, 5) is 33.8. The number of aromatic nitrogens is 1. The molecule has 1 saturated heterocycles. The SMILES string of the molecule is COc1cc(C=C2c3ccc(F)cc3C(CC(=O)NCc3cccnc3)C2C)cc(OC)c1OC(=O)N1CCN(C)CC1. The predicted molar refractivity (Wildman–Crippen MR) is 162 cm³/mol. The van der Waals surface area contributed by atoms with Gasteiger partial charge in [0, 0.05) is 51.5 Å². The van der Waals surface area contributed by atoms with E-state index in [1.54, 1.807) is 35.5 Å². The van der Waals surface area contributed by atoms with Crippen LogP contribution in [-0.4, -0.2) is 74.2 Å². The zero-order chi connectivity index (χ0) is 30.5. The number of nitrogens with zero attached hydrogens (tertiary/aromatic N) is 3. The Labute approximate surface area is 251 Å². The molecule has 0 spiro atoms. The second kappa shape index (κ2) is 13.2. The molecule has 1 aliphatic heterocycles. The quantitative estimate of drug-likeness (QED) is 0.398. The predicted octanol–water partition coefficient (Wildman–Crippen LogP) is 4.96. The second-order valence-corrected chi connectivity index (χ2v) is 11.0. The number of rotatable bonds is 8. The summed E-state index contributed by atoms with van der Waals surface area (Å²) in [5.41, 5.74) is 4.32. The van der Waals surface area contributed by atoms with Gasteiger partial charge in [0.25, 0.3) is 0 Å². The number of benzene rings is 2. The Morgan fingerprint density at radius 3 is 2.44 bits per heavy atom. The Bertz CT molecular complexity index is 1480. The maximum Gasteiger partial charge on any atom is 0.415 e. The number of piperazine rings is 1. The molecule has 226 valence electrons. The molecule has 2 aliphatic rings. The smallest absolute Gasteiger partial charge is 0.415 e. The maximum atomic E-state index is 14.4. The van der Waals surface area contributed by atoms with Crippen LogP contribution in [0.15, 0.2) is 54.9 Å². The fourth-order valence-corrected chi connectivity index (χ4v) is 5.71. The third-order valence-corrected chi connectivity index (χ3v) is 8.19. The number of hydrogen-bond acceptors (Lipinski definition) is 7. The molecule has 2 unspecified atom stereocenters. The van der Waals surface area contributed by atoms with Crippen LogP contribution in [0.3, 0.4) is 0 Å². The van der Waals surface area contributed by atoms with Gasteiger partial charge in [-0.2, -0.15) is 0 Å². The number of carbonyl (C=O) groups is 2. The minimum atomic E-state index is -0.458. The lowest BCUT2D eigenvalue weighted by Crippen LogP contribution is -2.48. The van der Waals surface area contributed by atoms with Crippen LogP contribution >= 0.6 is 0 Å². The first kappa shape index (κ1) is 30.0. The number of hydrogen-bond donors (Lipinski definition) is 1. The highest BCUT2D eigenvalue weighted by Crippen LogP contribution is 2.49. The zero-order valence-electron chi connectivity index (χ0n) is 24.9. The van der Waals surface area contributed by atoms with Crippen LogP contribution in [0.4, 0.5) is 9.18 Å². The molecule has 0 radical (unpaired) electrons. The molecule has 9 nitrogen and oxygen atoms in total. The van der Waals surface area contributed by atoms with E-state index >= 15 is 0 Å². The Morgan fingerprint density at radius 1 is 1.07 bits per heavy atom. The first-order chi connectivity index (χ1) is 20.8. The number of nitrogens with one attached hydrogen (secondary N) is 1. The van der Waals surface area contributed by atoms with Gasteiger partial charge in [-0.25, -0.2) is 9.18 Å². The standard InChI is InChI=1S/C33H37FN4O5/c1-21-26(25-8-7-24(34)17-28(25)27(21)18-31(39)36-20-22-6-5-9-35-19-22)14-23-15-29(41-3)32(30(16-23)42-4)43-33(40)38-12-10-37(2)11-13-38/h5-9,14-17,19,21,27H,10-13,18,20H2,1-4H3,(H,36,39). The topological polar surface area (TPSA) is 93.2 Å². The molecule has 1 aromatic heterocycles. The van der Waals surface area contributed by atoms with Gasteiger partial charge in [-0.15, -0.1) is 0 Å². The Kier molecular flexibility index (Phi) is 9.25. The van der Waals surface area contributed by atoms with Crippen LogP contribution < -0.4 is 19.5 Å². The first-order valence-electron chi connectivity index (χ1n) is 14.4. The number of carbonyl (C=O) groups excluding carboxylic acids is 2. The molecule has 1 fully saturated rings. The zero-order valence-corrected chi connectivity index (χ0v) is 24.9. The molecule has 1 N–H and O–H groups in total. The van der Waals surface area contributed by atoms with Gasteiger partial charge in [0.05, 0.1) is 14.2 Å². The van der Waals surface area contributed by atoms with Gasteiger partial charge >= 0.3 is 6.09 Å². The van der Waals surface area contributed by atoms with Crippen molar-refractivity contribution in [3.05, 3.63) is 82.9 Å². The Balaban J connectivity index is 1.39. The van der Waals surface area contributed by atoms with E-state index in [0.717, 1.165) is 40.9 Å². The average Bonchev–Trinajstić information content (AvgIpc) is 3.26. The number of likely N-dealkylation sites (N-methyl/N-ethyl adjacent to an activating group) is 1. The van der Waals surface area contributed by atoms with Crippen molar-refractivity contribution in [3.8, 4) is 17.2 Å². The van der Waals surface area contributed by atoms with E-state index in [-0.39, 0.29) is 35.7 Å². The lowest BCUT2D eigenvalue weighted by Gasteiger charge is -2.31. The first-order valence-corrected chi connectivity index (χ1v) is 14.4. The van der Waals surface area contributed by atoms with E-state index in [2.05, 4.69) is 15.2 Å². The molecular formula is C33H37FN4O5. The molecule has 2 atom stereocenters. The van der Waals surface area contributed by atoms with Crippen molar-refractivity contribution in [2.45, 2.75) is 25.8 Å². The lowest BCUT2D eigenvalue weighted by atomic mass is 9.88. The Morgan fingerprint density at radius 2 is 1.79 bits per heavy atom. The van der Waals surface area contributed by atoms with E-state index in [4.69, 9.17) is 14.2 Å². The average molecular weight is 589 g/mol. The molecule has 2 amide bonds. The van der Waals surface area contributed by atoms with Gasteiger partial charge in [0.1, 0.15) is 5.82 Å². The van der Waals surface area contributed by atoms with Gasteiger partial charge in [-0.05, 0) is 77.0 Å². The van der Waals surface area contributed by atoms with E-state index in [1.807, 2.05) is 32.2 Å². The summed E-state index contributed by atoms with van der Waals surface area (Å²) in [5, 5.41) is 2.96. The summed E-state index contributed by atoms with van der Waals surface area (Å²) in [6.45, 7) is 5.11. The van der Waals surface area contributed by atoms with Crippen molar-refractivity contribution in [3.63, 3.8) is 0 Å². The summed E-state index contributed by atoms with van der Waals surface area (Å²) < 4.78 is 31.4. The molecule has 2 heterocycles. The number of amides is 2. The number of pyridine rings is 1. The largest absolute Gasteiger partial charge is 0.493 e. The Hall–Kier alpha value is -4.44. The molecule has 5 rings (SSSR count). The van der Waals surface area contributed by atoms with E-state index < -0.39 is 6.09 Å². The molecule has 0 bridgehead atoms. The van der Waals surface area contributed by atoms with Crippen molar-refractivity contribution in [1.29, 1.82) is 0 Å². The third-order valence-electron chi connectivity index (χ3n) is 8.19. The third kappa shape index (κ3) is 6.80. The van der Waals surface area contributed by atoms with Crippen LogP contribution in [-0.2, 0) is 11.3 Å². The number of fused-ring (bicyclic) bond motifs is 1. The molecule has 3 aromatic rings. The van der Waals surface area contributed by atoms with Crippen molar-refractivity contribution in [2.24, 2.45) is 5.92 Å². The maximum absolute atomic E-state index is 14.4. The minimum Gasteiger partial charge on any atom is -0.493 e. The number of ether oxygens (including phenoxy) is 3. The highest BCUT2D eigenvalue weighted by Gasteiger charge is 2.35. The second-order valence-electron chi connectivity index (χ2n) is 11.0. The fourth-order valence-electron chi connectivity index (χ4n) is 5.71. The van der Waals surface area contributed by atoms with E-state index in [9.17, 15) is 14.0 Å². The summed E-state index contributed by atoms with van der Waals surface area (Å²) in [6, 6.07) is 12.0. The highest BCUT2D eigenvalue weighted by molar-refractivity contribution is 5.90. The normalized spacial score (nSPS) is 19.2. The highest BCUT2D eigenvalue weighted by atomic mass is 19.1. The van der Waals surface area contributed by atoms with Crippen LogP contribution in [0.25, 0.3) is 11.6 Å². The van der Waals surface area contributed by atoms with E-state index in [1.165, 1.54) is 26.4 Å². The van der Waals surface area contributed by atoms with Gasteiger partial charge < -0.3 is 29.3 Å². The summed E-state index contributed by atoms with van der Waals surface area (Å²) >= 11 is 0. The molecule has 1 aliphatic carbocycles. The molecular weight excluding hydrogens is 551 g/mol. The summed E-state index contributed by atoms with van der Waals surface area (Å²) in [5.74, 6) is 0.164. The molecule has 0 saturated carbocycles. The number of methoxy groups -OCH3 is 2. The fraction of sp³-hybridized carbons (Fsp3) is 0.364. The molecule has 2 aromatic carbocycles. The van der Waals surface area contributed by atoms with E-state index in [0.29, 0.717) is 31.1 Å². The number of allylic oxidation sites excluding steroid dienone is 1. The van der Waals surface area contributed by atoms with Crippen molar-refractivity contribution >= 4 is 23.6 Å². The van der Waals surface area contributed by atoms with Gasteiger partial charge in [-0.3, -0.25) is 9.78 Å². The van der Waals surface area contributed by atoms with Gasteiger partial charge in [0.15, 0.2) is 11.5 Å². The summed E-state index contributed by atoms with van der Waals surface area (Å²) in [6.07, 6.45) is 5.14. The minimum absolute atomic E-state index is 0.0762.